The zero-order valence-electron chi connectivity index (χ0n) is 12.4. The summed E-state index contributed by atoms with van der Waals surface area (Å²) < 4.78 is 16.0. The molecular weight excluding hydrogens is 272 g/mol. The number of hydrogen-bond donors (Lipinski definition) is 2. The minimum atomic E-state index is -0.400. The summed E-state index contributed by atoms with van der Waals surface area (Å²) in [7, 11) is 3.19. The van der Waals surface area contributed by atoms with Crippen LogP contribution in [0.25, 0.3) is 0 Å². The largest absolute Gasteiger partial charge is 0.497 e. The lowest BCUT2D eigenvalue weighted by Crippen LogP contribution is -2.35. The van der Waals surface area contributed by atoms with Crippen LogP contribution in [0.3, 0.4) is 0 Å². The summed E-state index contributed by atoms with van der Waals surface area (Å²) in [5, 5.41) is 2.87. The van der Waals surface area contributed by atoms with Crippen molar-refractivity contribution in [2.24, 2.45) is 5.73 Å². The summed E-state index contributed by atoms with van der Waals surface area (Å²) in [6.45, 7) is 0.842. The lowest BCUT2D eigenvalue weighted by atomic mass is 10.1. The van der Waals surface area contributed by atoms with Crippen molar-refractivity contribution in [2.45, 2.75) is 31.6 Å². The van der Waals surface area contributed by atoms with Gasteiger partial charge in [0.2, 0.25) is 5.91 Å². The second-order valence-corrected chi connectivity index (χ2v) is 4.96. The Bertz CT molecular complexity index is 493. The predicted molar refractivity (Wildman–Crippen MR) is 78.3 cm³/mol. The fourth-order valence-corrected chi connectivity index (χ4v) is 2.37. The van der Waals surface area contributed by atoms with Crippen LogP contribution < -0.4 is 20.5 Å². The number of hydrogen-bond acceptors (Lipinski definition) is 5. The number of carbonyl (C=O) groups is 1. The van der Waals surface area contributed by atoms with Crippen LogP contribution in [0.5, 0.6) is 11.5 Å². The van der Waals surface area contributed by atoms with Gasteiger partial charge in [0.15, 0.2) is 0 Å². The van der Waals surface area contributed by atoms with E-state index in [4.69, 9.17) is 19.9 Å². The molecule has 1 heterocycles. The standard InChI is InChI=1S/C15H22N2O4/c1-19-11-4-3-10(14(7-11)20-2)9-17-15(18)13-6-5-12(8-16)21-13/h3-4,7,12-13H,5-6,8-9,16H2,1-2H3,(H,17,18)/t12-,13+/m1/s1. The SMILES string of the molecule is COc1ccc(CNC(=O)[C@@H]2CC[C@H](CN)O2)c(OC)c1. The van der Waals surface area contributed by atoms with Crippen molar-refractivity contribution in [3.8, 4) is 11.5 Å². The van der Waals surface area contributed by atoms with E-state index in [1.165, 1.54) is 0 Å². The zero-order valence-corrected chi connectivity index (χ0v) is 12.4. The first-order chi connectivity index (χ1) is 10.2. The van der Waals surface area contributed by atoms with Gasteiger partial charge in [0.1, 0.15) is 17.6 Å². The van der Waals surface area contributed by atoms with Crippen molar-refractivity contribution in [1.29, 1.82) is 0 Å². The van der Waals surface area contributed by atoms with E-state index in [0.717, 1.165) is 12.0 Å². The minimum absolute atomic E-state index is 0.00345. The maximum absolute atomic E-state index is 12.1. The summed E-state index contributed by atoms with van der Waals surface area (Å²) >= 11 is 0. The first-order valence-electron chi connectivity index (χ1n) is 7.02. The lowest BCUT2D eigenvalue weighted by Gasteiger charge is -2.14. The summed E-state index contributed by atoms with van der Waals surface area (Å²) in [6, 6.07) is 5.49. The van der Waals surface area contributed by atoms with Crippen molar-refractivity contribution >= 4 is 5.91 Å². The van der Waals surface area contributed by atoms with Crippen molar-refractivity contribution < 1.29 is 19.0 Å². The molecule has 0 bridgehead atoms. The molecule has 2 rings (SSSR count). The fraction of sp³-hybridized carbons (Fsp3) is 0.533. The van der Waals surface area contributed by atoms with Crippen LogP contribution in [0.4, 0.5) is 0 Å². The molecule has 0 spiro atoms. The van der Waals surface area contributed by atoms with E-state index >= 15 is 0 Å². The number of nitrogens with two attached hydrogens (primary N) is 1. The zero-order chi connectivity index (χ0) is 15.2. The topological polar surface area (TPSA) is 82.8 Å². The Hall–Kier alpha value is -1.79. The molecule has 0 radical (unpaired) electrons. The summed E-state index contributed by atoms with van der Waals surface area (Å²) in [4.78, 5) is 12.1. The number of benzene rings is 1. The summed E-state index contributed by atoms with van der Waals surface area (Å²) in [5.74, 6) is 1.29. The summed E-state index contributed by atoms with van der Waals surface area (Å²) in [5.41, 5.74) is 6.43. The molecule has 1 aromatic carbocycles. The van der Waals surface area contributed by atoms with Gasteiger partial charge in [-0.05, 0) is 25.0 Å². The first kappa shape index (κ1) is 15.6. The predicted octanol–water partition coefficient (Wildman–Crippen LogP) is 0.826. The van der Waals surface area contributed by atoms with Gasteiger partial charge in [0.25, 0.3) is 0 Å². The smallest absolute Gasteiger partial charge is 0.249 e. The van der Waals surface area contributed by atoms with Gasteiger partial charge >= 0.3 is 0 Å². The Kier molecular flexibility index (Phi) is 5.41. The third-order valence-electron chi connectivity index (χ3n) is 3.61. The molecule has 0 saturated carbocycles. The van der Waals surface area contributed by atoms with Crippen LogP contribution in [0.15, 0.2) is 18.2 Å². The molecule has 3 N–H and O–H groups in total. The Balaban J connectivity index is 1.92. The number of ether oxygens (including phenoxy) is 3. The number of carbonyl (C=O) groups excluding carboxylic acids is 1. The monoisotopic (exact) mass is 294 g/mol. The molecule has 2 atom stereocenters. The fourth-order valence-electron chi connectivity index (χ4n) is 2.37. The third kappa shape index (κ3) is 3.86. The Labute approximate surface area is 124 Å². The maximum Gasteiger partial charge on any atom is 0.249 e. The van der Waals surface area contributed by atoms with Gasteiger partial charge in [0, 0.05) is 24.7 Å². The number of rotatable bonds is 6. The van der Waals surface area contributed by atoms with Gasteiger partial charge in [-0.3, -0.25) is 4.79 Å². The molecule has 6 heteroatoms. The quantitative estimate of drug-likeness (QED) is 0.812. The molecule has 1 aliphatic heterocycles. The maximum atomic E-state index is 12.1. The molecule has 1 amide bonds. The van der Waals surface area contributed by atoms with E-state index < -0.39 is 6.10 Å². The number of methoxy groups -OCH3 is 2. The van der Waals surface area contributed by atoms with Gasteiger partial charge in [-0.2, -0.15) is 0 Å². The van der Waals surface area contributed by atoms with Crippen molar-refractivity contribution in [2.75, 3.05) is 20.8 Å². The molecule has 0 unspecified atom stereocenters. The molecule has 1 aliphatic rings. The molecule has 1 fully saturated rings. The molecule has 0 aromatic heterocycles. The average molecular weight is 294 g/mol. The first-order valence-corrected chi connectivity index (χ1v) is 7.02. The van der Waals surface area contributed by atoms with Gasteiger partial charge in [0.05, 0.1) is 20.3 Å². The van der Waals surface area contributed by atoms with Crippen molar-refractivity contribution in [3.05, 3.63) is 23.8 Å². The van der Waals surface area contributed by atoms with Crippen LogP contribution in [-0.2, 0) is 16.1 Å². The molecule has 1 saturated heterocycles. The van der Waals surface area contributed by atoms with E-state index in [1.54, 1.807) is 20.3 Å². The normalized spacial score (nSPS) is 21.1. The van der Waals surface area contributed by atoms with E-state index in [9.17, 15) is 4.79 Å². The van der Waals surface area contributed by atoms with Crippen LogP contribution in [-0.4, -0.2) is 38.9 Å². The van der Waals surface area contributed by atoms with Crippen LogP contribution in [0.2, 0.25) is 0 Å². The third-order valence-corrected chi connectivity index (χ3v) is 3.61. The van der Waals surface area contributed by atoms with Crippen LogP contribution in [0, 0.1) is 0 Å². The highest BCUT2D eigenvalue weighted by Gasteiger charge is 2.29. The second-order valence-electron chi connectivity index (χ2n) is 4.96. The second kappa shape index (κ2) is 7.28. The molecule has 1 aromatic rings. The van der Waals surface area contributed by atoms with E-state index in [1.807, 2.05) is 12.1 Å². The highest BCUT2D eigenvalue weighted by molar-refractivity contribution is 5.81. The summed E-state index contributed by atoms with van der Waals surface area (Å²) in [6.07, 6.45) is 1.15. The highest BCUT2D eigenvalue weighted by atomic mass is 16.5. The molecular formula is C15H22N2O4. The Morgan fingerprint density at radius 3 is 2.81 bits per heavy atom. The van der Waals surface area contributed by atoms with Crippen molar-refractivity contribution in [3.63, 3.8) is 0 Å². The van der Waals surface area contributed by atoms with Crippen molar-refractivity contribution in [1.82, 2.24) is 5.32 Å². The Morgan fingerprint density at radius 1 is 1.38 bits per heavy atom. The van der Waals surface area contributed by atoms with E-state index in [0.29, 0.717) is 31.0 Å². The van der Waals surface area contributed by atoms with Crippen LogP contribution in [0.1, 0.15) is 18.4 Å². The van der Waals surface area contributed by atoms with E-state index in [2.05, 4.69) is 5.32 Å². The van der Waals surface area contributed by atoms with Gasteiger partial charge in [-0.15, -0.1) is 0 Å². The Morgan fingerprint density at radius 2 is 2.19 bits per heavy atom. The highest BCUT2D eigenvalue weighted by Crippen LogP contribution is 2.25. The molecule has 6 nitrogen and oxygen atoms in total. The minimum Gasteiger partial charge on any atom is -0.497 e. The molecule has 0 aliphatic carbocycles. The molecule has 116 valence electrons. The molecule has 21 heavy (non-hydrogen) atoms. The van der Waals surface area contributed by atoms with Gasteiger partial charge in [-0.25, -0.2) is 0 Å². The lowest BCUT2D eigenvalue weighted by molar-refractivity contribution is -0.132. The number of nitrogens with one attached hydrogen (secondary N) is 1. The average Bonchev–Trinajstić information content (AvgIpc) is 3.01. The number of amides is 1. The van der Waals surface area contributed by atoms with Gasteiger partial charge < -0.3 is 25.3 Å². The van der Waals surface area contributed by atoms with Gasteiger partial charge in [-0.1, -0.05) is 0 Å². The van der Waals surface area contributed by atoms with E-state index in [-0.39, 0.29) is 12.0 Å². The van der Waals surface area contributed by atoms with Crippen LogP contribution >= 0.6 is 0 Å².